The van der Waals surface area contributed by atoms with E-state index in [1.807, 2.05) is 0 Å². The van der Waals surface area contributed by atoms with E-state index in [4.69, 9.17) is 4.74 Å². The van der Waals surface area contributed by atoms with E-state index in [1.165, 1.54) is 77.0 Å². The highest BCUT2D eigenvalue weighted by atomic mass is 16.5. The molecule has 0 radical (unpaired) electrons. The van der Waals surface area contributed by atoms with Crippen molar-refractivity contribution in [1.82, 2.24) is 0 Å². The first kappa shape index (κ1) is 29.7. The number of ether oxygens (including phenoxy) is 1. The molecule has 2 nitrogen and oxygen atoms in total. The average molecular weight is 433 g/mol. The normalized spacial score (nSPS) is 11.9. The molecule has 0 amide bonds. The van der Waals surface area contributed by atoms with Gasteiger partial charge in [-0.2, -0.15) is 0 Å². The molecule has 180 valence electrons. The molecule has 0 saturated carbocycles. The molecule has 0 aromatic carbocycles. The molecule has 2 heteroatoms. The molecule has 0 aliphatic carbocycles. The highest BCUT2D eigenvalue weighted by molar-refractivity contribution is 5.69. The number of allylic oxidation sites excluding steroid dienone is 6. The van der Waals surface area contributed by atoms with E-state index < -0.39 is 0 Å². The van der Waals surface area contributed by atoms with Crippen LogP contribution >= 0.6 is 0 Å². The lowest BCUT2D eigenvalue weighted by Gasteiger charge is -2.05. The van der Waals surface area contributed by atoms with Gasteiger partial charge in [0.25, 0.3) is 0 Å². The Balaban J connectivity index is 3.27. The van der Waals surface area contributed by atoms with Crippen molar-refractivity contribution in [3.63, 3.8) is 0 Å². The Bertz CT molecular complexity index is 448. The summed E-state index contributed by atoms with van der Waals surface area (Å²) in [5.41, 5.74) is 0. The van der Waals surface area contributed by atoms with Crippen molar-refractivity contribution in [2.45, 2.75) is 136 Å². The SMILES string of the molecule is CCC=CCC=CCC=CCCCCCCCC(=O)OCCCCCCCCCCC. The van der Waals surface area contributed by atoms with Crippen molar-refractivity contribution in [2.24, 2.45) is 0 Å². The number of hydrogen-bond donors (Lipinski definition) is 0. The van der Waals surface area contributed by atoms with Crippen LogP contribution in [0.1, 0.15) is 136 Å². The molecule has 31 heavy (non-hydrogen) atoms. The van der Waals surface area contributed by atoms with Crippen LogP contribution in [0.3, 0.4) is 0 Å². The number of carbonyl (C=O) groups excluding carboxylic acids is 1. The van der Waals surface area contributed by atoms with Gasteiger partial charge in [-0.15, -0.1) is 0 Å². The summed E-state index contributed by atoms with van der Waals surface area (Å²) in [5.74, 6) is 0.000684. The molecule has 0 spiro atoms. The van der Waals surface area contributed by atoms with Crippen LogP contribution in [0.5, 0.6) is 0 Å². The molecule has 0 N–H and O–H groups in total. The molecule has 0 atom stereocenters. The first-order chi connectivity index (χ1) is 15.3. The largest absolute Gasteiger partial charge is 0.466 e. The van der Waals surface area contributed by atoms with Crippen LogP contribution in [-0.4, -0.2) is 12.6 Å². The number of carbonyl (C=O) groups is 1. The van der Waals surface area contributed by atoms with Crippen LogP contribution in [0, 0.1) is 0 Å². The van der Waals surface area contributed by atoms with Crippen LogP contribution < -0.4 is 0 Å². The monoisotopic (exact) mass is 432 g/mol. The highest BCUT2D eigenvalue weighted by Gasteiger charge is 2.02. The third-order valence-electron chi connectivity index (χ3n) is 5.54. The topological polar surface area (TPSA) is 26.3 Å². The number of hydrogen-bond acceptors (Lipinski definition) is 2. The van der Waals surface area contributed by atoms with E-state index in [1.54, 1.807) is 0 Å². The Morgan fingerprint density at radius 2 is 1.10 bits per heavy atom. The van der Waals surface area contributed by atoms with E-state index in [-0.39, 0.29) is 5.97 Å². The second-order valence-corrected chi connectivity index (χ2v) is 8.65. The first-order valence-corrected chi connectivity index (χ1v) is 13.4. The van der Waals surface area contributed by atoms with Crippen LogP contribution in [0.4, 0.5) is 0 Å². The smallest absolute Gasteiger partial charge is 0.305 e. The summed E-state index contributed by atoms with van der Waals surface area (Å²) in [6.45, 7) is 5.04. The summed E-state index contributed by atoms with van der Waals surface area (Å²) in [7, 11) is 0. The molecule has 0 aliphatic heterocycles. The van der Waals surface area contributed by atoms with Crippen molar-refractivity contribution in [2.75, 3.05) is 6.61 Å². The molecule has 0 aliphatic rings. The van der Waals surface area contributed by atoms with E-state index in [9.17, 15) is 4.79 Å². The fraction of sp³-hybridized carbons (Fsp3) is 0.759. The van der Waals surface area contributed by atoms with Crippen molar-refractivity contribution < 1.29 is 9.53 Å². The van der Waals surface area contributed by atoms with Gasteiger partial charge in [-0.3, -0.25) is 4.79 Å². The molecule has 0 fully saturated rings. The molecule has 0 unspecified atom stereocenters. The summed E-state index contributed by atoms with van der Waals surface area (Å²) in [5, 5.41) is 0. The lowest BCUT2D eigenvalue weighted by Crippen LogP contribution is -2.05. The predicted octanol–water partition coefficient (Wildman–Crippen LogP) is 9.65. The zero-order valence-corrected chi connectivity index (χ0v) is 20.9. The summed E-state index contributed by atoms with van der Waals surface area (Å²) in [6, 6.07) is 0. The fourth-order valence-electron chi connectivity index (χ4n) is 3.56. The van der Waals surface area contributed by atoms with Crippen LogP contribution in [0.2, 0.25) is 0 Å². The van der Waals surface area contributed by atoms with Crippen molar-refractivity contribution in [3.05, 3.63) is 36.5 Å². The maximum absolute atomic E-state index is 11.8. The first-order valence-electron chi connectivity index (χ1n) is 13.4. The standard InChI is InChI=1S/C29H52O2/c1-3-5-7-9-11-13-14-15-16-17-18-19-21-23-25-27-29(30)31-28-26-24-22-20-12-10-8-6-4-2/h5,7,11,13,15-16H,3-4,6,8-10,12,14,17-28H2,1-2H3. The Labute approximate surface area is 194 Å². The molecule has 0 aromatic rings. The lowest BCUT2D eigenvalue weighted by molar-refractivity contribution is -0.143. The highest BCUT2D eigenvalue weighted by Crippen LogP contribution is 2.11. The summed E-state index contributed by atoms with van der Waals surface area (Å²) in [6.07, 6.45) is 36.0. The minimum absolute atomic E-state index is 0.000684. The molecule has 0 aromatic heterocycles. The van der Waals surface area contributed by atoms with E-state index in [2.05, 4.69) is 50.3 Å². The predicted molar refractivity (Wildman–Crippen MR) is 137 cm³/mol. The van der Waals surface area contributed by atoms with E-state index in [0.717, 1.165) is 38.5 Å². The molecule has 0 bridgehead atoms. The average Bonchev–Trinajstić information content (AvgIpc) is 2.77. The zero-order chi connectivity index (χ0) is 22.7. The minimum atomic E-state index is 0.000684. The summed E-state index contributed by atoms with van der Waals surface area (Å²) < 4.78 is 5.36. The number of unbranched alkanes of at least 4 members (excludes halogenated alkanes) is 13. The van der Waals surface area contributed by atoms with Crippen LogP contribution in [0.25, 0.3) is 0 Å². The van der Waals surface area contributed by atoms with Gasteiger partial charge in [-0.1, -0.05) is 121 Å². The maximum Gasteiger partial charge on any atom is 0.305 e. The third kappa shape index (κ3) is 26.7. The van der Waals surface area contributed by atoms with Gasteiger partial charge in [-0.05, 0) is 44.9 Å². The summed E-state index contributed by atoms with van der Waals surface area (Å²) in [4.78, 5) is 11.8. The third-order valence-corrected chi connectivity index (χ3v) is 5.54. The van der Waals surface area contributed by atoms with Gasteiger partial charge in [0.05, 0.1) is 6.61 Å². The molecule has 0 heterocycles. The van der Waals surface area contributed by atoms with Gasteiger partial charge in [0.15, 0.2) is 0 Å². The fourth-order valence-corrected chi connectivity index (χ4v) is 3.56. The van der Waals surface area contributed by atoms with Crippen molar-refractivity contribution >= 4 is 5.97 Å². The van der Waals surface area contributed by atoms with E-state index >= 15 is 0 Å². The van der Waals surface area contributed by atoms with Gasteiger partial charge in [0.1, 0.15) is 0 Å². The Kier molecular flexibility index (Phi) is 25.6. The number of rotatable bonds is 23. The van der Waals surface area contributed by atoms with Gasteiger partial charge >= 0.3 is 5.97 Å². The van der Waals surface area contributed by atoms with Gasteiger partial charge in [-0.25, -0.2) is 0 Å². The van der Waals surface area contributed by atoms with Gasteiger partial charge in [0.2, 0.25) is 0 Å². The Hall–Kier alpha value is -1.31. The lowest BCUT2D eigenvalue weighted by atomic mass is 10.1. The van der Waals surface area contributed by atoms with E-state index in [0.29, 0.717) is 13.0 Å². The Morgan fingerprint density at radius 1 is 0.581 bits per heavy atom. The molecule has 0 saturated heterocycles. The molecule has 0 rings (SSSR count). The molecular weight excluding hydrogens is 380 g/mol. The van der Waals surface area contributed by atoms with Crippen molar-refractivity contribution in [3.8, 4) is 0 Å². The minimum Gasteiger partial charge on any atom is -0.466 e. The van der Waals surface area contributed by atoms with Gasteiger partial charge in [0, 0.05) is 6.42 Å². The second-order valence-electron chi connectivity index (χ2n) is 8.65. The zero-order valence-electron chi connectivity index (χ0n) is 20.9. The van der Waals surface area contributed by atoms with Gasteiger partial charge < -0.3 is 4.74 Å². The Morgan fingerprint density at radius 3 is 1.74 bits per heavy atom. The van der Waals surface area contributed by atoms with Crippen molar-refractivity contribution in [1.29, 1.82) is 0 Å². The number of esters is 1. The quantitative estimate of drug-likeness (QED) is 0.0912. The van der Waals surface area contributed by atoms with Crippen LogP contribution in [0.15, 0.2) is 36.5 Å². The second kappa shape index (κ2) is 26.7. The maximum atomic E-state index is 11.8. The molecular formula is C29H52O2. The summed E-state index contributed by atoms with van der Waals surface area (Å²) >= 11 is 0. The van der Waals surface area contributed by atoms with Crippen LogP contribution in [-0.2, 0) is 9.53 Å².